The third kappa shape index (κ3) is 6.49. The number of unbranched alkanes of at least 4 members (excludes halogenated alkanes) is 1. The van der Waals surface area contributed by atoms with Crippen LogP contribution in [0.3, 0.4) is 0 Å². The average Bonchev–Trinajstić information content (AvgIpc) is 2.93. The monoisotopic (exact) mass is 387 g/mol. The lowest BCUT2D eigenvalue weighted by atomic mass is 9.81. The number of hydrogen-bond donors (Lipinski definition) is 2. The van der Waals surface area contributed by atoms with E-state index in [1.807, 2.05) is 4.90 Å². The van der Waals surface area contributed by atoms with Gasteiger partial charge in [0.25, 0.3) is 0 Å². The molecule has 0 saturated carbocycles. The first-order valence-corrected chi connectivity index (χ1v) is 11.1. The lowest BCUT2D eigenvalue weighted by Crippen LogP contribution is -2.35. The van der Waals surface area contributed by atoms with E-state index >= 15 is 0 Å². The second-order valence-electron chi connectivity index (χ2n) is 8.25. The highest BCUT2D eigenvalue weighted by atomic mass is 16.5. The largest absolute Gasteiger partial charge is 0.497 e. The summed E-state index contributed by atoms with van der Waals surface area (Å²) in [5.74, 6) is 2.06. The molecule has 1 heterocycles. The summed E-state index contributed by atoms with van der Waals surface area (Å²) in [7, 11) is 1.75. The third-order valence-corrected chi connectivity index (χ3v) is 6.15. The van der Waals surface area contributed by atoms with Gasteiger partial charge in [0.15, 0.2) is 0 Å². The summed E-state index contributed by atoms with van der Waals surface area (Å²) in [4.78, 5) is 13.9. The Morgan fingerprint density at radius 2 is 2.11 bits per heavy atom. The fourth-order valence-corrected chi connectivity index (χ4v) is 4.44. The van der Waals surface area contributed by atoms with Crippen LogP contribution in [-0.2, 0) is 17.6 Å². The van der Waals surface area contributed by atoms with Gasteiger partial charge in [0.1, 0.15) is 5.75 Å². The zero-order valence-corrected chi connectivity index (χ0v) is 17.5. The van der Waals surface area contributed by atoms with Crippen molar-refractivity contribution in [3.63, 3.8) is 0 Å². The van der Waals surface area contributed by atoms with Crippen molar-refractivity contribution in [2.45, 2.75) is 51.4 Å². The Hall–Kier alpha value is -1.59. The van der Waals surface area contributed by atoms with Gasteiger partial charge in [-0.25, -0.2) is 0 Å². The number of benzene rings is 1. The molecule has 156 valence electrons. The fraction of sp³-hybridized carbons (Fsp3) is 0.696. The number of nitrogens with zero attached hydrogens (tertiary/aromatic N) is 1. The molecule has 2 aliphatic rings. The Kier molecular flexibility index (Phi) is 8.62. The number of carbonyl (C=O) groups excluding carboxylic acids is 1. The Balaban J connectivity index is 1.23. The maximum absolute atomic E-state index is 11.9. The smallest absolute Gasteiger partial charge is 0.236 e. The summed E-state index contributed by atoms with van der Waals surface area (Å²) >= 11 is 0. The number of carbonyl (C=O) groups is 1. The minimum Gasteiger partial charge on any atom is -0.497 e. The Morgan fingerprint density at radius 1 is 1.21 bits per heavy atom. The molecule has 1 aliphatic heterocycles. The molecular weight excluding hydrogens is 350 g/mol. The molecular formula is C23H37N3O2. The van der Waals surface area contributed by atoms with Gasteiger partial charge < -0.3 is 20.3 Å². The summed E-state index contributed by atoms with van der Waals surface area (Å²) < 4.78 is 5.38. The molecule has 1 aliphatic carbocycles. The molecule has 5 heteroatoms. The highest BCUT2D eigenvalue weighted by Crippen LogP contribution is 2.30. The van der Waals surface area contributed by atoms with Crippen LogP contribution >= 0.6 is 0 Å². The number of amides is 1. The highest BCUT2D eigenvalue weighted by molar-refractivity contribution is 5.78. The van der Waals surface area contributed by atoms with E-state index in [1.165, 1.54) is 43.2 Å². The Labute approximate surface area is 170 Å². The standard InChI is InChI=1S/C23H37N3O2/c1-28-22-10-9-20-8-7-19(16-21(20)17-22)6-4-12-24-11-2-3-14-26-15-5-13-25-18-23(26)27/h9-10,17,19,24-25H,2-8,11-16,18H2,1H3. The molecule has 0 aromatic heterocycles. The molecule has 0 bridgehead atoms. The van der Waals surface area contributed by atoms with Crippen LogP contribution in [0.5, 0.6) is 5.75 Å². The zero-order chi connectivity index (χ0) is 19.6. The maximum atomic E-state index is 11.9. The first-order valence-electron chi connectivity index (χ1n) is 11.1. The molecule has 1 aromatic carbocycles. The van der Waals surface area contributed by atoms with Crippen LogP contribution in [0.2, 0.25) is 0 Å². The second kappa shape index (κ2) is 11.4. The third-order valence-electron chi connectivity index (χ3n) is 6.15. The number of rotatable bonds is 10. The van der Waals surface area contributed by atoms with Crippen molar-refractivity contribution in [2.75, 3.05) is 46.4 Å². The van der Waals surface area contributed by atoms with Gasteiger partial charge in [0.05, 0.1) is 13.7 Å². The van der Waals surface area contributed by atoms with Crippen molar-refractivity contribution in [3.8, 4) is 5.75 Å². The van der Waals surface area contributed by atoms with Gasteiger partial charge in [-0.3, -0.25) is 4.79 Å². The molecule has 1 amide bonds. The van der Waals surface area contributed by atoms with Crippen molar-refractivity contribution >= 4 is 5.91 Å². The molecule has 1 saturated heterocycles. The van der Waals surface area contributed by atoms with Crippen molar-refractivity contribution < 1.29 is 9.53 Å². The molecule has 1 aromatic rings. The first kappa shape index (κ1) is 21.1. The van der Waals surface area contributed by atoms with Gasteiger partial charge in [-0.1, -0.05) is 6.07 Å². The van der Waals surface area contributed by atoms with Gasteiger partial charge in [-0.2, -0.15) is 0 Å². The predicted octanol–water partition coefficient (Wildman–Crippen LogP) is 2.77. The van der Waals surface area contributed by atoms with Crippen LogP contribution in [0, 0.1) is 5.92 Å². The van der Waals surface area contributed by atoms with Gasteiger partial charge in [0, 0.05) is 13.1 Å². The molecule has 1 unspecified atom stereocenters. The number of methoxy groups -OCH3 is 1. The van der Waals surface area contributed by atoms with E-state index in [1.54, 1.807) is 7.11 Å². The molecule has 5 nitrogen and oxygen atoms in total. The minimum absolute atomic E-state index is 0.261. The van der Waals surface area contributed by atoms with Crippen molar-refractivity contribution in [3.05, 3.63) is 29.3 Å². The van der Waals surface area contributed by atoms with E-state index < -0.39 is 0 Å². The van der Waals surface area contributed by atoms with E-state index in [-0.39, 0.29) is 5.91 Å². The lowest BCUT2D eigenvalue weighted by Gasteiger charge is -2.25. The summed E-state index contributed by atoms with van der Waals surface area (Å²) in [5, 5.41) is 6.77. The fourth-order valence-electron chi connectivity index (χ4n) is 4.44. The SMILES string of the molecule is COc1ccc2c(c1)CC(CCCNCCCCN1CCCNCC1=O)CC2. The first-order chi connectivity index (χ1) is 13.8. The van der Waals surface area contributed by atoms with Crippen LogP contribution in [0.1, 0.15) is 49.7 Å². The van der Waals surface area contributed by atoms with E-state index in [9.17, 15) is 4.79 Å². The van der Waals surface area contributed by atoms with Crippen molar-refractivity contribution in [2.24, 2.45) is 5.92 Å². The lowest BCUT2D eigenvalue weighted by molar-refractivity contribution is -0.129. The van der Waals surface area contributed by atoms with E-state index in [4.69, 9.17) is 4.74 Å². The zero-order valence-electron chi connectivity index (χ0n) is 17.5. The van der Waals surface area contributed by atoms with Gasteiger partial charge in [-0.05, 0) is 100 Å². The van der Waals surface area contributed by atoms with Crippen molar-refractivity contribution in [1.29, 1.82) is 0 Å². The molecule has 0 spiro atoms. The van der Waals surface area contributed by atoms with Crippen LogP contribution in [0.4, 0.5) is 0 Å². The minimum atomic E-state index is 0.261. The average molecular weight is 388 g/mol. The van der Waals surface area contributed by atoms with Crippen LogP contribution in [0.15, 0.2) is 18.2 Å². The Bertz CT molecular complexity index is 620. The van der Waals surface area contributed by atoms with Crippen molar-refractivity contribution in [1.82, 2.24) is 15.5 Å². The number of nitrogens with one attached hydrogen (secondary N) is 2. The predicted molar refractivity (Wildman–Crippen MR) is 114 cm³/mol. The number of aryl methyl sites for hydroxylation is 1. The molecule has 1 fully saturated rings. The number of fused-ring (bicyclic) bond motifs is 1. The molecule has 3 rings (SSSR count). The second-order valence-corrected chi connectivity index (χ2v) is 8.25. The Morgan fingerprint density at radius 3 is 3.00 bits per heavy atom. The topological polar surface area (TPSA) is 53.6 Å². The molecule has 0 radical (unpaired) electrons. The number of ether oxygens (including phenoxy) is 1. The highest BCUT2D eigenvalue weighted by Gasteiger charge is 2.19. The van der Waals surface area contributed by atoms with Gasteiger partial charge in [0.2, 0.25) is 5.91 Å². The summed E-state index contributed by atoms with van der Waals surface area (Å²) in [6.45, 7) is 5.46. The van der Waals surface area contributed by atoms with Gasteiger partial charge >= 0.3 is 0 Å². The van der Waals surface area contributed by atoms with E-state index in [0.717, 1.165) is 63.7 Å². The maximum Gasteiger partial charge on any atom is 0.236 e. The normalized spacial score (nSPS) is 20.0. The van der Waals surface area contributed by atoms with Crippen LogP contribution in [0.25, 0.3) is 0 Å². The number of hydrogen-bond acceptors (Lipinski definition) is 4. The summed E-state index contributed by atoms with van der Waals surface area (Å²) in [5.41, 5.74) is 3.00. The summed E-state index contributed by atoms with van der Waals surface area (Å²) in [6.07, 6.45) is 9.60. The molecule has 1 atom stereocenters. The van der Waals surface area contributed by atoms with Crippen LogP contribution in [-0.4, -0.2) is 57.2 Å². The van der Waals surface area contributed by atoms with Crippen LogP contribution < -0.4 is 15.4 Å². The van der Waals surface area contributed by atoms with E-state index in [2.05, 4.69) is 28.8 Å². The quantitative estimate of drug-likeness (QED) is 0.606. The van der Waals surface area contributed by atoms with Gasteiger partial charge in [-0.15, -0.1) is 0 Å². The summed E-state index contributed by atoms with van der Waals surface area (Å²) in [6, 6.07) is 6.55. The molecule has 2 N–H and O–H groups in total. The molecule has 28 heavy (non-hydrogen) atoms. The van der Waals surface area contributed by atoms with E-state index in [0.29, 0.717) is 6.54 Å².